The van der Waals surface area contributed by atoms with Crippen LogP contribution in [0.3, 0.4) is 0 Å². The monoisotopic (exact) mass is 433 g/mol. The van der Waals surface area contributed by atoms with Crippen LogP contribution in [0.5, 0.6) is 0 Å². The molecule has 0 saturated heterocycles. The Kier molecular flexibility index (Phi) is 6.25. The number of ether oxygens (including phenoxy) is 1. The fourth-order valence-corrected chi connectivity index (χ4v) is 3.98. The number of ketones is 1. The minimum Gasteiger partial charge on any atom is -0.390 e. The first-order valence-corrected chi connectivity index (χ1v) is 9.78. The van der Waals surface area contributed by atoms with E-state index in [2.05, 4.69) is 0 Å². The lowest BCUT2D eigenvalue weighted by Crippen LogP contribution is -2.38. The molecule has 0 bridgehead atoms. The van der Waals surface area contributed by atoms with Gasteiger partial charge in [-0.3, -0.25) is 4.79 Å². The van der Waals surface area contributed by atoms with Crippen molar-refractivity contribution in [1.29, 1.82) is 0 Å². The van der Waals surface area contributed by atoms with Gasteiger partial charge in [0.2, 0.25) is 5.92 Å². The molecule has 0 unspecified atom stereocenters. The molecule has 0 spiro atoms. The average Bonchev–Trinajstić information content (AvgIpc) is 3.05. The van der Waals surface area contributed by atoms with Crippen LogP contribution in [0.4, 0.5) is 22.0 Å². The molecule has 2 aromatic heterocycles. The van der Waals surface area contributed by atoms with Gasteiger partial charge in [0.1, 0.15) is 0 Å². The van der Waals surface area contributed by atoms with Crippen molar-refractivity contribution >= 4 is 11.3 Å². The Morgan fingerprint density at radius 3 is 2.50 bits per heavy atom. The number of carbonyl (C=O) groups excluding carboxylic acids is 1. The van der Waals surface area contributed by atoms with Crippen molar-refractivity contribution in [3.8, 4) is 0 Å². The fourth-order valence-electron chi connectivity index (χ4n) is 3.98. The number of aliphatic hydroxyl groups is 1. The molecular formula is C21H24F5NO3. The van der Waals surface area contributed by atoms with Gasteiger partial charge in [0, 0.05) is 50.2 Å². The van der Waals surface area contributed by atoms with E-state index in [0.29, 0.717) is 12.1 Å². The SMILES string of the molecule is COCCc1cc(C(=O)CCC2(O)CCC(F)(F)CC2)c2c(C(F)(F)F)cccn12. The van der Waals surface area contributed by atoms with Gasteiger partial charge in [-0.05, 0) is 37.5 Å². The molecule has 1 N–H and O–H groups in total. The summed E-state index contributed by atoms with van der Waals surface area (Å²) in [5.41, 5.74) is -2.15. The van der Waals surface area contributed by atoms with Crippen LogP contribution in [0.1, 0.15) is 60.1 Å². The first-order chi connectivity index (χ1) is 14.0. The molecule has 1 aliphatic carbocycles. The first kappa shape index (κ1) is 22.7. The number of hydrogen-bond acceptors (Lipinski definition) is 3. The fraction of sp³-hybridized carbons (Fsp3) is 0.571. The van der Waals surface area contributed by atoms with E-state index < -0.39 is 41.9 Å². The van der Waals surface area contributed by atoms with Gasteiger partial charge >= 0.3 is 6.18 Å². The van der Waals surface area contributed by atoms with Crippen molar-refractivity contribution in [3.05, 3.63) is 41.2 Å². The molecule has 0 amide bonds. The van der Waals surface area contributed by atoms with Gasteiger partial charge in [-0.25, -0.2) is 8.78 Å². The number of alkyl halides is 5. The second-order valence-corrected chi connectivity index (χ2v) is 7.93. The number of nitrogens with zero attached hydrogens (tertiary/aromatic N) is 1. The lowest BCUT2D eigenvalue weighted by molar-refractivity contribution is -0.136. The molecule has 0 aliphatic heterocycles. The zero-order chi connectivity index (χ0) is 22.2. The Hall–Kier alpha value is -2.00. The number of carbonyl (C=O) groups is 1. The van der Waals surface area contributed by atoms with E-state index >= 15 is 0 Å². The smallest absolute Gasteiger partial charge is 0.390 e. The second kappa shape index (κ2) is 8.26. The minimum atomic E-state index is -4.65. The molecule has 166 valence electrons. The molecule has 1 saturated carbocycles. The van der Waals surface area contributed by atoms with Crippen molar-refractivity contribution in [2.75, 3.05) is 13.7 Å². The summed E-state index contributed by atoms with van der Waals surface area (Å²) in [7, 11) is 1.47. The third-order valence-electron chi connectivity index (χ3n) is 5.77. The van der Waals surface area contributed by atoms with E-state index in [4.69, 9.17) is 4.74 Å². The molecule has 1 aliphatic rings. The van der Waals surface area contributed by atoms with Gasteiger partial charge in [-0.1, -0.05) is 0 Å². The molecule has 2 heterocycles. The first-order valence-electron chi connectivity index (χ1n) is 9.78. The Bertz CT molecular complexity index is 909. The quantitative estimate of drug-likeness (QED) is 0.491. The lowest BCUT2D eigenvalue weighted by Gasteiger charge is -2.35. The predicted octanol–water partition coefficient (Wildman–Crippen LogP) is 5.05. The maximum atomic E-state index is 13.6. The topological polar surface area (TPSA) is 50.9 Å². The Morgan fingerprint density at radius 1 is 1.23 bits per heavy atom. The van der Waals surface area contributed by atoms with Crippen LogP contribution in [0, 0.1) is 0 Å². The van der Waals surface area contributed by atoms with Gasteiger partial charge < -0.3 is 14.2 Å². The zero-order valence-corrected chi connectivity index (χ0v) is 16.6. The summed E-state index contributed by atoms with van der Waals surface area (Å²) in [4.78, 5) is 12.9. The molecule has 1 fully saturated rings. The van der Waals surface area contributed by atoms with E-state index in [0.717, 1.165) is 6.07 Å². The van der Waals surface area contributed by atoms with Crippen molar-refractivity contribution in [2.24, 2.45) is 0 Å². The maximum Gasteiger partial charge on any atom is 0.418 e. The van der Waals surface area contributed by atoms with Crippen molar-refractivity contribution in [3.63, 3.8) is 0 Å². The third kappa shape index (κ3) is 4.83. The third-order valence-corrected chi connectivity index (χ3v) is 5.77. The molecule has 2 aromatic rings. The average molecular weight is 433 g/mol. The molecule has 0 radical (unpaired) electrons. The van der Waals surface area contributed by atoms with Crippen LogP contribution >= 0.6 is 0 Å². The summed E-state index contributed by atoms with van der Waals surface area (Å²) in [6.07, 6.45) is -4.39. The molecule has 9 heteroatoms. The number of rotatable bonds is 7. The number of halogens is 5. The summed E-state index contributed by atoms with van der Waals surface area (Å²) in [6, 6.07) is 3.61. The summed E-state index contributed by atoms with van der Waals surface area (Å²) in [5, 5.41) is 10.5. The van der Waals surface area contributed by atoms with Gasteiger partial charge in [-0.2, -0.15) is 13.2 Å². The van der Waals surface area contributed by atoms with Crippen LogP contribution in [0.15, 0.2) is 24.4 Å². The number of aromatic nitrogens is 1. The predicted molar refractivity (Wildman–Crippen MR) is 99.9 cm³/mol. The van der Waals surface area contributed by atoms with E-state index in [-0.39, 0.29) is 43.4 Å². The highest BCUT2D eigenvalue weighted by Gasteiger charge is 2.42. The number of methoxy groups -OCH3 is 1. The van der Waals surface area contributed by atoms with Gasteiger partial charge in [0.25, 0.3) is 0 Å². The van der Waals surface area contributed by atoms with Crippen molar-refractivity contribution in [2.45, 2.75) is 62.6 Å². The van der Waals surface area contributed by atoms with Crippen molar-refractivity contribution in [1.82, 2.24) is 4.40 Å². The summed E-state index contributed by atoms with van der Waals surface area (Å²) >= 11 is 0. The Balaban J connectivity index is 1.89. The molecule has 30 heavy (non-hydrogen) atoms. The summed E-state index contributed by atoms with van der Waals surface area (Å²) in [6.45, 7) is 0.268. The van der Waals surface area contributed by atoms with E-state index in [1.165, 1.54) is 29.8 Å². The van der Waals surface area contributed by atoms with Crippen molar-refractivity contribution < 1.29 is 36.6 Å². The molecule has 4 nitrogen and oxygen atoms in total. The number of hydrogen-bond donors (Lipinski definition) is 1. The maximum absolute atomic E-state index is 13.6. The van der Waals surface area contributed by atoms with Crippen LogP contribution in [-0.4, -0.2) is 40.5 Å². The van der Waals surface area contributed by atoms with Crippen LogP contribution in [-0.2, 0) is 17.3 Å². The van der Waals surface area contributed by atoms with E-state index in [1.807, 2.05) is 0 Å². The number of Topliss-reactive ketones (excluding diaryl/α,β-unsaturated/α-hetero) is 1. The van der Waals surface area contributed by atoms with Crippen LogP contribution in [0.2, 0.25) is 0 Å². The van der Waals surface area contributed by atoms with Gasteiger partial charge in [0.05, 0.1) is 23.3 Å². The molecule has 0 atom stereocenters. The normalized spacial score (nSPS) is 18.6. The van der Waals surface area contributed by atoms with E-state index in [1.54, 1.807) is 0 Å². The van der Waals surface area contributed by atoms with Crippen LogP contribution < -0.4 is 0 Å². The van der Waals surface area contributed by atoms with Gasteiger partial charge in [-0.15, -0.1) is 0 Å². The van der Waals surface area contributed by atoms with Gasteiger partial charge in [0.15, 0.2) is 5.78 Å². The summed E-state index contributed by atoms with van der Waals surface area (Å²) < 4.78 is 73.8. The largest absolute Gasteiger partial charge is 0.418 e. The minimum absolute atomic E-state index is 0.0686. The Morgan fingerprint density at radius 2 is 1.90 bits per heavy atom. The lowest BCUT2D eigenvalue weighted by atomic mass is 9.79. The number of fused-ring (bicyclic) bond motifs is 1. The second-order valence-electron chi connectivity index (χ2n) is 7.93. The van der Waals surface area contributed by atoms with E-state index in [9.17, 15) is 31.9 Å². The highest BCUT2D eigenvalue weighted by atomic mass is 19.4. The Labute approximate surface area is 170 Å². The number of pyridine rings is 1. The standard InChI is InChI=1S/C21H24F5NO3/c1-30-12-5-14-13-15(18-16(21(24,25)26)3-2-11-27(14)18)17(28)4-6-19(29)7-9-20(22,23)10-8-19/h2-3,11,13,29H,4-10,12H2,1H3. The summed E-state index contributed by atoms with van der Waals surface area (Å²) in [5.74, 6) is -3.38. The van der Waals surface area contributed by atoms with Crippen LogP contribution in [0.25, 0.3) is 5.52 Å². The molecular weight excluding hydrogens is 409 g/mol. The highest BCUT2D eigenvalue weighted by Crippen LogP contribution is 2.41. The highest BCUT2D eigenvalue weighted by molar-refractivity contribution is 6.03. The molecule has 3 rings (SSSR count). The zero-order valence-electron chi connectivity index (χ0n) is 16.6. The molecule has 0 aromatic carbocycles.